The van der Waals surface area contributed by atoms with Gasteiger partial charge in [-0.15, -0.1) is 6.42 Å². The molecule has 0 aliphatic carbocycles. The van der Waals surface area contributed by atoms with Gasteiger partial charge in [0, 0.05) is 0 Å². The Hall–Kier alpha value is -2.95. The van der Waals surface area contributed by atoms with Gasteiger partial charge in [-0.3, -0.25) is 9.69 Å². The molecule has 148 valence electrons. The van der Waals surface area contributed by atoms with Crippen LogP contribution < -0.4 is 14.2 Å². The van der Waals surface area contributed by atoms with Crippen molar-refractivity contribution in [1.29, 1.82) is 0 Å². The first-order valence-electron chi connectivity index (χ1n) is 8.68. The fourth-order valence-electron chi connectivity index (χ4n) is 2.71. The van der Waals surface area contributed by atoms with Gasteiger partial charge in [-0.05, 0) is 41.5 Å². The maximum absolute atomic E-state index is 12.9. The van der Waals surface area contributed by atoms with Crippen molar-refractivity contribution in [2.24, 2.45) is 0 Å². The first kappa shape index (κ1) is 20.8. The number of hydrogen-bond donors (Lipinski definition) is 0. The molecule has 2 aromatic rings. The normalized spacial score (nSPS) is 14.8. The summed E-state index contributed by atoms with van der Waals surface area (Å²) in [5.41, 5.74) is 1.78. The van der Waals surface area contributed by atoms with E-state index in [0.717, 1.165) is 16.9 Å². The minimum Gasteiger partial charge on any atom is -0.497 e. The van der Waals surface area contributed by atoms with Crippen LogP contribution >= 0.6 is 24.0 Å². The summed E-state index contributed by atoms with van der Waals surface area (Å²) in [5.74, 6) is 4.16. The Kier molecular flexibility index (Phi) is 6.81. The largest absolute Gasteiger partial charge is 0.497 e. The first-order chi connectivity index (χ1) is 14.0. The highest BCUT2D eigenvalue weighted by Crippen LogP contribution is 2.35. The minimum absolute atomic E-state index is 0.123. The Morgan fingerprint density at radius 2 is 1.90 bits per heavy atom. The lowest BCUT2D eigenvalue weighted by Gasteiger charge is -2.14. The van der Waals surface area contributed by atoms with Crippen LogP contribution in [0.15, 0.2) is 47.4 Å². The molecular formula is C22H19NO4S2. The molecule has 0 atom stereocenters. The van der Waals surface area contributed by atoms with E-state index in [0.29, 0.717) is 27.3 Å². The van der Waals surface area contributed by atoms with Crippen molar-refractivity contribution in [1.82, 2.24) is 4.90 Å². The molecule has 0 bridgehead atoms. The van der Waals surface area contributed by atoms with Crippen LogP contribution in [0.2, 0.25) is 0 Å². The second kappa shape index (κ2) is 9.50. The molecule has 1 fully saturated rings. The van der Waals surface area contributed by atoms with E-state index < -0.39 is 0 Å². The van der Waals surface area contributed by atoms with Crippen LogP contribution in [0.5, 0.6) is 17.2 Å². The predicted octanol–water partition coefficient (Wildman–Crippen LogP) is 4.12. The van der Waals surface area contributed by atoms with Gasteiger partial charge >= 0.3 is 0 Å². The Balaban J connectivity index is 1.77. The lowest BCUT2D eigenvalue weighted by molar-refractivity contribution is -0.122. The molecule has 0 saturated carbocycles. The molecule has 29 heavy (non-hydrogen) atoms. The van der Waals surface area contributed by atoms with Crippen molar-refractivity contribution in [3.05, 3.63) is 58.5 Å². The minimum atomic E-state index is -0.123. The summed E-state index contributed by atoms with van der Waals surface area (Å²) in [6, 6.07) is 13.0. The number of nitrogens with zero attached hydrogens (tertiary/aromatic N) is 1. The average Bonchev–Trinajstić information content (AvgIpc) is 3.00. The summed E-state index contributed by atoms with van der Waals surface area (Å²) < 4.78 is 16.5. The zero-order chi connectivity index (χ0) is 20.8. The van der Waals surface area contributed by atoms with Gasteiger partial charge in [0.2, 0.25) is 0 Å². The Bertz CT molecular complexity index is 993. The van der Waals surface area contributed by atoms with Crippen molar-refractivity contribution in [3.63, 3.8) is 0 Å². The number of carbonyl (C=O) groups excluding carboxylic acids is 1. The molecule has 0 aromatic heterocycles. The van der Waals surface area contributed by atoms with E-state index >= 15 is 0 Å². The van der Waals surface area contributed by atoms with Gasteiger partial charge in [0.1, 0.15) is 16.7 Å². The van der Waals surface area contributed by atoms with Crippen LogP contribution in [0.4, 0.5) is 0 Å². The lowest BCUT2D eigenvalue weighted by Crippen LogP contribution is -2.27. The molecule has 7 heteroatoms. The lowest BCUT2D eigenvalue weighted by atomic mass is 10.1. The number of methoxy groups -OCH3 is 2. The van der Waals surface area contributed by atoms with Crippen molar-refractivity contribution < 1.29 is 19.0 Å². The van der Waals surface area contributed by atoms with Crippen molar-refractivity contribution in [3.8, 4) is 29.6 Å². The molecule has 0 unspecified atom stereocenters. The molecule has 5 nitrogen and oxygen atoms in total. The van der Waals surface area contributed by atoms with Gasteiger partial charge in [-0.1, -0.05) is 48.1 Å². The fraction of sp³-hybridized carbons (Fsp3) is 0.182. The number of terminal acetylenes is 1. The number of thiocarbonyl (C=S) groups is 1. The van der Waals surface area contributed by atoms with E-state index in [-0.39, 0.29) is 12.5 Å². The summed E-state index contributed by atoms with van der Waals surface area (Å²) in [7, 11) is 3.17. The molecule has 1 aliphatic rings. The van der Waals surface area contributed by atoms with Crippen molar-refractivity contribution in [2.45, 2.75) is 6.54 Å². The van der Waals surface area contributed by atoms with Crippen molar-refractivity contribution >= 4 is 40.3 Å². The molecule has 1 amide bonds. The number of benzene rings is 2. The summed E-state index contributed by atoms with van der Waals surface area (Å²) in [5, 5.41) is 0. The summed E-state index contributed by atoms with van der Waals surface area (Å²) >= 11 is 6.70. The topological polar surface area (TPSA) is 48.0 Å². The van der Waals surface area contributed by atoms with E-state index in [4.69, 9.17) is 32.9 Å². The number of thioether (sulfide) groups is 1. The second-order valence-corrected chi connectivity index (χ2v) is 7.69. The molecule has 3 rings (SSSR count). The third kappa shape index (κ3) is 4.91. The first-order valence-corrected chi connectivity index (χ1v) is 9.90. The van der Waals surface area contributed by atoms with E-state index in [2.05, 4.69) is 5.92 Å². The van der Waals surface area contributed by atoms with Crippen LogP contribution in [0.3, 0.4) is 0 Å². The quantitative estimate of drug-likeness (QED) is 0.378. The van der Waals surface area contributed by atoms with Gasteiger partial charge in [0.15, 0.2) is 11.5 Å². The third-order valence-electron chi connectivity index (χ3n) is 4.17. The van der Waals surface area contributed by atoms with E-state index in [9.17, 15) is 4.79 Å². The monoisotopic (exact) mass is 425 g/mol. The fourth-order valence-corrected chi connectivity index (χ4v) is 3.97. The third-order valence-corrected chi connectivity index (χ3v) is 5.55. The van der Waals surface area contributed by atoms with Gasteiger partial charge in [0.05, 0.1) is 25.7 Å². The van der Waals surface area contributed by atoms with Gasteiger partial charge in [-0.25, -0.2) is 0 Å². The van der Waals surface area contributed by atoms with Gasteiger partial charge in [0.25, 0.3) is 5.91 Å². The van der Waals surface area contributed by atoms with E-state index in [1.807, 2.05) is 30.3 Å². The summed E-state index contributed by atoms with van der Waals surface area (Å²) in [4.78, 5) is 15.0. The molecule has 0 radical (unpaired) electrons. The highest BCUT2D eigenvalue weighted by Gasteiger charge is 2.32. The van der Waals surface area contributed by atoms with Crippen molar-refractivity contribution in [2.75, 3.05) is 20.8 Å². The van der Waals surface area contributed by atoms with Crippen LogP contribution in [0, 0.1) is 12.3 Å². The zero-order valence-corrected chi connectivity index (χ0v) is 17.6. The van der Waals surface area contributed by atoms with Crippen LogP contribution in [0.1, 0.15) is 11.1 Å². The number of amides is 1. The standard InChI is InChI=1S/C22H19NO4S2/c1-4-11-27-18-10-7-16(12-19(18)26-3)13-20-21(24)23(22(28)29-20)14-15-5-8-17(25-2)9-6-15/h1,5-10,12-13H,11,14H2,2-3H3. The summed E-state index contributed by atoms with van der Waals surface area (Å²) in [6.45, 7) is 0.563. The highest BCUT2D eigenvalue weighted by molar-refractivity contribution is 8.26. The summed E-state index contributed by atoms with van der Waals surface area (Å²) in [6.07, 6.45) is 7.02. The maximum atomic E-state index is 12.9. The predicted molar refractivity (Wildman–Crippen MR) is 119 cm³/mol. The second-order valence-electron chi connectivity index (χ2n) is 6.02. The molecule has 2 aromatic carbocycles. The van der Waals surface area contributed by atoms with Gasteiger partial charge in [-0.2, -0.15) is 0 Å². The van der Waals surface area contributed by atoms with Crippen LogP contribution in [0.25, 0.3) is 6.08 Å². The van der Waals surface area contributed by atoms with E-state index in [1.165, 1.54) is 11.8 Å². The smallest absolute Gasteiger partial charge is 0.266 e. The zero-order valence-electron chi connectivity index (χ0n) is 16.0. The highest BCUT2D eigenvalue weighted by atomic mass is 32.2. The number of ether oxygens (including phenoxy) is 3. The number of carbonyl (C=O) groups is 1. The van der Waals surface area contributed by atoms with Crippen LogP contribution in [-0.2, 0) is 11.3 Å². The molecule has 1 heterocycles. The maximum Gasteiger partial charge on any atom is 0.266 e. The number of hydrogen-bond acceptors (Lipinski definition) is 6. The van der Waals surface area contributed by atoms with E-state index in [1.54, 1.807) is 37.3 Å². The molecule has 1 saturated heterocycles. The molecule has 0 N–H and O–H groups in total. The SMILES string of the molecule is C#CCOc1ccc(C=C2SC(=S)N(Cc3ccc(OC)cc3)C2=O)cc1OC. The Morgan fingerprint density at radius 3 is 2.55 bits per heavy atom. The Labute approximate surface area is 179 Å². The van der Waals surface area contributed by atoms with Crippen LogP contribution in [-0.4, -0.2) is 36.0 Å². The number of rotatable bonds is 7. The molecule has 0 spiro atoms. The molecular weight excluding hydrogens is 406 g/mol. The van der Waals surface area contributed by atoms with Gasteiger partial charge < -0.3 is 14.2 Å². The molecule has 1 aliphatic heterocycles. The Morgan fingerprint density at radius 1 is 1.14 bits per heavy atom. The average molecular weight is 426 g/mol.